The van der Waals surface area contributed by atoms with E-state index in [2.05, 4.69) is 11.4 Å². The van der Waals surface area contributed by atoms with Crippen molar-refractivity contribution in [2.75, 3.05) is 19.6 Å². The predicted octanol–water partition coefficient (Wildman–Crippen LogP) is 4.54. The average molecular weight is 459 g/mol. The van der Waals surface area contributed by atoms with Gasteiger partial charge in [-0.2, -0.15) is 0 Å². The van der Waals surface area contributed by atoms with Crippen LogP contribution < -0.4 is 5.32 Å². The molecule has 1 fully saturated rings. The Balaban J connectivity index is 1.53. The molecule has 2 aliphatic rings. The third-order valence-corrected chi connectivity index (χ3v) is 8.17. The Bertz CT molecular complexity index is 871. The lowest BCUT2D eigenvalue weighted by atomic mass is 9.96. The van der Waals surface area contributed by atoms with Crippen LogP contribution in [0.25, 0.3) is 0 Å². The maximum atomic E-state index is 12.9. The second kappa shape index (κ2) is 10.3. The molecule has 5 nitrogen and oxygen atoms in total. The largest absolute Gasteiger partial charge is 0.356 e. The Kier molecular flexibility index (Phi) is 8.02. The number of hydrogen-bond acceptors (Lipinski definition) is 3. The molecule has 1 heterocycles. The van der Waals surface area contributed by atoms with Gasteiger partial charge in [-0.3, -0.25) is 4.79 Å². The highest BCUT2D eigenvalue weighted by Crippen LogP contribution is 2.26. The summed E-state index contributed by atoms with van der Waals surface area (Å²) in [6.07, 6.45) is 9.32. The minimum atomic E-state index is -3.53. The number of rotatable bonds is 7. The van der Waals surface area contributed by atoms with Crippen molar-refractivity contribution in [2.45, 2.75) is 50.7 Å². The normalized spacial score (nSPS) is 20.9. The lowest BCUT2D eigenvalue weighted by Gasteiger charge is -2.31. The molecule has 0 aromatic heterocycles. The summed E-state index contributed by atoms with van der Waals surface area (Å²) in [6.45, 7) is 1.30. The number of amides is 1. The molecule has 0 unspecified atom stereocenters. The van der Waals surface area contributed by atoms with Gasteiger partial charge in [-0.1, -0.05) is 40.9 Å². The molecule has 8 heteroatoms. The fourth-order valence-corrected chi connectivity index (χ4v) is 5.88. The van der Waals surface area contributed by atoms with Gasteiger partial charge in [0.25, 0.3) is 0 Å². The van der Waals surface area contributed by atoms with Gasteiger partial charge in [-0.25, -0.2) is 12.7 Å². The van der Waals surface area contributed by atoms with E-state index in [1.165, 1.54) is 22.7 Å². The van der Waals surface area contributed by atoms with Crippen LogP contribution in [0.1, 0.15) is 50.5 Å². The fraction of sp³-hybridized carbons (Fsp3) is 0.571. The summed E-state index contributed by atoms with van der Waals surface area (Å²) in [5, 5.41) is 3.73. The Hall–Kier alpha value is -1.08. The number of nitrogens with one attached hydrogen (secondary N) is 1. The van der Waals surface area contributed by atoms with Gasteiger partial charge in [0, 0.05) is 19.6 Å². The molecule has 1 aliphatic heterocycles. The quantitative estimate of drug-likeness (QED) is 0.609. The first-order valence-electron chi connectivity index (χ1n) is 10.2. The molecular formula is C21H28Cl2N2O3S. The predicted molar refractivity (Wildman–Crippen MR) is 118 cm³/mol. The number of piperidine rings is 1. The maximum Gasteiger partial charge on any atom is 0.224 e. The highest BCUT2D eigenvalue weighted by atomic mass is 35.5. The van der Waals surface area contributed by atoms with Crippen molar-refractivity contribution >= 4 is 39.1 Å². The van der Waals surface area contributed by atoms with Gasteiger partial charge in [-0.15, -0.1) is 0 Å². The van der Waals surface area contributed by atoms with Crippen molar-refractivity contribution in [3.8, 4) is 0 Å². The van der Waals surface area contributed by atoms with Crippen LogP contribution in [0.15, 0.2) is 29.8 Å². The summed E-state index contributed by atoms with van der Waals surface area (Å²) >= 11 is 11.9. The third-order valence-electron chi connectivity index (χ3n) is 5.61. The van der Waals surface area contributed by atoms with E-state index in [1.54, 1.807) is 18.2 Å². The summed E-state index contributed by atoms with van der Waals surface area (Å²) in [5.74, 6) is -0.490. The molecule has 3 rings (SSSR count). The molecule has 29 heavy (non-hydrogen) atoms. The smallest absolute Gasteiger partial charge is 0.224 e. The van der Waals surface area contributed by atoms with Gasteiger partial charge in [-0.05, 0) is 62.6 Å². The number of nitrogens with zero attached hydrogens (tertiary/aromatic N) is 1. The number of carbonyl (C=O) groups excluding carboxylic acids is 1. The molecule has 160 valence electrons. The standard InChI is InChI=1S/C21H28Cl2N2O3S/c22-19-9-8-17(13-20(19)23)15-29(27,28)25-12-4-7-18(14-25)21(26)24-11-10-16-5-2-1-3-6-16/h5,8-9,13,18H,1-4,6-7,10-12,14-15H2,(H,24,26)/t18-/m1/s1. The molecule has 1 atom stereocenters. The number of hydrogen-bond donors (Lipinski definition) is 1. The van der Waals surface area contributed by atoms with Crippen molar-refractivity contribution in [1.29, 1.82) is 0 Å². The van der Waals surface area contributed by atoms with Crippen LogP contribution >= 0.6 is 23.2 Å². The van der Waals surface area contributed by atoms with Crippen molar-refractivity contribution in [3.63, 3.8) is 0 Å². The summed E-state index contributed by atoms with van der Waals surface area (Å²) in [7, 11) is -3.53. The summed E-state index contributed by atoms with van der Waals surface area (Å²) in [5.41, 5.74) is 2.01. The molecule has 0 saturated carbocycles. The van der Waals surface area contributed by atoms with Gasteiger partial charge in [0.05, 0.1) is 21.7 Å². The third kappa shape index (κ3) is 6.45. The molecule has 1 aromatic rings. The number of halogens is 2. The Morgan fingerprint density at radius 3 is 2.72 bits per heavy atom. The summed E-state index contributed by atoms with van der Waals surface area (Å²) in [4.78, 5) is 12.6. The van der Waals surface area contributed by atoms with Gasteiger partial charge in [0.1, 0.15) is 0 Å². The fourth-order valence-electron chi connectivity index (χ4n) is 3.96. The SMILES string of the molecule is O=C(NCCC1=CCCCC1)[C@@H]1CCCN(S(=O)(=O)Cc2ccc(Cl)c(Cl)c2)C1. The molecule has 1 aromatic carbocycles. The lowest BCUT2D eigenvalue weighted by Crippen LogP contribution is -2.45. The zero-order valence-electron chi connectivity index (χ0n) is 16.5. The first-order valence-corrected chi connectivity index (χ1v) is 12.6. The van der Waals surface area contributed by atoms with Crippen molar-refractivity contribution in [2.24, 2.45) is 5.92 Å². The minimum Gasteiger partial charge on any atom is -0.356 e. The first kappa shape index (κ1) is 22.6. The van der Waals surface area contributed by atoms with E-state index in [1.807, 2.05) is 0 Å². The summed E-state index contributed by atoms with van der Waals surface area (Å²) < 4.78 is 27.1. The maximum absolute atomic E-state index is 12.9. The van der Waals surface area contributed by atoms with Crippen LogP contribution in [0, 0.1) is 5.92 Å². The molecule has 1 amide bonds. The van der Waals surface area contributed by atoms with E-state index in [0.717, 1.165) is 19.3 Å². The van der Waals surface area contributed by atoms with E-state index in [4.69, 9.17) is 23.2 Å². The van der Waals surface area contributed by atoms with Crippen molar-refractivity contribution in [1.82, 2.24) is 9.62 Å². The van der Waals surface area contributed by atoms with Gasteiger partial charge in [0.2, 0.25) is 15.9 Å². The number of sulfonamides is 1. The molecule has 0 bridgehead atoms. The number of allylic oxidation sites excluding steroid dienone is 1. The summed E-state index contributed by atoms with van der Waals surface area (Å²) in [6, 6.07) is 4.85. The molecule has 1 saturated heterocycles. The van der Waals surface area contributed by atoms with E-state index >= 15 is 0 Å². The minimum absolute atomic E-state index is 0.0455. The van der Waals surface area contributed by atoms with Crippen molar-refractivity contribution < 1.29 is 13.2 Å². The van der Waals surface area contributed by atoms with E-state index in [9.17, 15) is 13.2 Å². The van der Waals surface area contributed by atoms with E-state index in [0.29, 0.717) is 41.5 Å². The molecular weight excluding hydrogens is 431 g/mol. The number of carbonyl (C=O) groups is 1. The lowest BCUT2D eigenvalue weighted by molar-refractivity contribution is -0.126. The first-order chi connectivity index (χ1) is 13.8. The second-order valence-electron chi connectivity index (χ2n) is 7.85. The van der Waals surface area contributed by atoms with Crippen LogP contribution in [0.3, 0.4) is 0 Å². The molecule has 1 N–H and O–H groups in total. The van der Waals surface area contributed by atoms with Crippen molar-refractivity contribution in [3.05, 3.63) is 45.5 Å². The van der Waals surface area contributed by atoms with Crippen LogP contribution in [0.4, 0.5) is 0 Å². The van der Waals surface area contributed by atoms with Gasteiger partial charge < -0.3 is 5.32 Å². The van der Waals surface area contributed by atoms with Crippen LogP contribution in [-0.2, 0) is 20.6 Å². The number of benzene rings is 1. The van der Waals surface area contributed by atoms with E-state index in [-0.39, 0.29) is 24.1 Å². The zero-order chi connectivity index (χ0) is 20.9. The highest BCUT2D eigenvalue weighted by Gasteiger charge is 2.32. The second-order valence-corrected chi connectivity index (χ2v) is 10.6. The van der Waals surface area contributed by atoms with Crippen LogP contribution in [-0.4, -0.2) is 38.3 Å². The van der Waals surface area contributed by atoms with E-state index < -0.39 is 10.0 Å². The van der Waals surface area contributed by atoms with Gasteiger partial charge >= 0.3 is 0 Å². The Morgan fingerprint density at radius 2 is 2.00 bits per heavy atom. The van der Waals surface area contributed by atoms with Crippen LogP contribution in [0.2, 0.25) is 10.0 Å². The van der Waals surface area contributed by atoms with Crippen LogP contribution in [0.5, 0.6) is 0 Å². The van der Waals surface area contributed by atoms with Gasteiger partial charge in [0.15, 0.2) is 0 Å². The topological polar surface area (TPSA) is 66.5 Å². The molecule has 1 aliphatic carbocycles. The molecule has 0 radical (unpaired) electrons. The highest BCUT2D eigenvalue weighted by molar-refractivity contribution is 7.88. The zero-order valence-corrected chi connectivity index (χ0v) is 18.8. The monoisotopic (exact) mass is 458 g/mol. The Labute approximate surface area is 183 Å². The Morgan fingerprint density at radius 1 is 1.17 bits per heavy atom. The average Bonchev–Trinajstić information content (AvgIpc) is 2.71. The molecule has 0 spiro atoms.